The van der Waals surface area contributed by atoms with Crippen molar-refractivity contribution in [1.29, 1.82) is 0 Å². The lowest BCUT2D eigenvalue weighted by molar-refractivity contribution is -0.120. The van der Waals surface area contributed by atoms with E-state index in [9.17, 15) is 4.79 Å². The monoisotopic (exact) mass is 477 g/mol. The second-order valence-electron chi connectivity index (χ2n) is 9.34. The molecule has 1 N–H and O–H groups in total. The summed E-state index contributed by atoms with van der Waals surface area (Å²) in [6, 6.07) is 18.3. The zero-order valence-corrected chi connectivity index (χ0v) is 20.6. The fourth-order valence-electron chi connectivity index (χ4n) is 4.86. The number of amides is 1. The smallest absolute Gasteiger partial charge is 0.230 e. The number of nitrogens with zero attached hydrogens (tertiary/aromatic N) is 4. The first-order valence-corrected chi connectivity index (χ1v) is 12.8. The van der Waals surface area contributed by atoms with E-state index in [1.165, 1.54) is 17.3 Å². The number of carbonyl (C=O) groups excluding carboxylic acids is 1. The summed E-state index contributed by atoms with van der Waals surface area (Å²) in [5, 5.41) is 12.6. The lowest BCUT2D eigenvalue weighted by atomic mass is 9.80. The molecule has 1 amide bonds. The summed E-state index contributed by atoms with van der Waals surface area (Å²) < 4.78 is 8.58. The third kappa shape index (κ3) is 4.98. The van der Waals surface area contributed by atoms with Gasteiger partial charge in [-0.25, -0.2) is 0 Å². The van der Waals surface area contributed by atoms with Crippen molar-refractivity contribution in [3.8, 4) is 5.75 Å². The van der Waals surface area contributed by atoms with Crippen molar-refractivity contribution in [2.24, 2.45) is 0 Å². The molecule has 1 spiro atoms. The van der Waals surface area contributed by atoms with E-state index in [1.807, 2.05) is 43.3 Å². The van der Waals surface area contributed by atoms with Gasteiger partial charge in [0, 0.05) is 25.1 Å². The van der Waals surface area contributed by atoms with Gasteiger partial charge in [-0.3, -0.25) is 4.79 Å². The molecule has 5 rings (SSSR count). The first-order chi connectivity index (χ1) is 16.5. The van der Waals surface area contributed by atoms with Crippen LogP contribution in [0.2, 0.25) is 0 Å². The molecule has 0 aliphatic carbocycles. The van der Waals surface area contributed by atoms with Crippen LogP contribution in [0.25, 0.3) is 0 Å². The standard InChI is InChI=1S/C26H31N5O2S/c1-19-28-29-25(31(19)17-20-8-4-3-5-9-20)34-18-24(32)27-22-16-26(12-14-30(2)15-13-26)33-23-11-7-6-10-21(22)23/h3-11,22H,12-18H2,1-2H3,(H,27,32). The number of hydrogen-bond acceptors (Lipinski definition) is 6. The summed E-state index contributed by atoms with van der Waals surface area (Å²) >= 11 is 1.43. The van der Waals surface area contributed by atoms with Crippen LogP contribution >= 0.6 is 11.8 Å². The number of benzene rings is 2. The van der Waals surface area contributed by atoms with E-state index in [2.05, 4.69) is 50.2 Å². The van der Waals surface area contributed by atoms with Crippen LogP contribution in [0.5, 0.6) is 5.75 Å². The zero-order valence-electron chi connectivity index (χ0n) is 19.7. The Labute approximate surface area is 204 Å². The number of rotatable bonds is 6. The van der Waals surface area contributed by atoms with Crippen molar-refractivity contribution in [3.63, 3.8) is 0 Å². The lowest BCUT2D eigenvalue weighted by Crippen LogP contribution is -2.51. The van der Waals surface area contributed by atoms with Gasteiger partial charge < -0.3 is 19.5 Å². The zero-order chi connectivity index (χ0) is 23.5. The Morgan fingerprint density at radius 1 is 1.12 bits per heavy atom. The summed E-state index contributed by atoms with van der Waals surface area (Å²) in [6.07, 6.45) is 2.75. The predicted octanol–water partition coefficient (Wildman–Crippen LogP) is 3.83. The van der Waals surface area contributed by atoms with Crippen molar-refractivity contribution in [2.75, 3.05) is 25.9 Å². The summed E-state index contributed by atoms with van der Waals surface area (Å²) in [6.45, 7) is 4.65. The number of carbonyl (C=O) groups is 1. The molecular weight excluding hydrogens is 446 g/mol. The number of thioether (sulfide) groups is 1. The highest BCUT2D eigenvalue weighted by molar-refractivity contribution is 7.99. The van der Waals surface area contributed by atoms with E-state index in [0.29, 0.717) is 12.3 Å². The Hall–Kier alpha value is -2.84. The number of aryl methyl sites for hydroxylation is 1. The molecule has 0 radical (unpaired) electrons. The Kier molecular flexibility index (Phi) is 6.61. The summed E-state index contributed by atoms with van der Waals surface area (Å²) in [4.78, 5) is 15.4. The molecule has 178 valence electrons. The average Bonchev–Trinajstić information content (AvgIpc) is 3.19. The molecule has 0 saturated carbocycles. The summed E-state index contributed by atoms with van der Waals surface area (Å²) in [5.41, 5.74) is 2.03. The van der Waals surface area contributed by atoms with Crippen molar-refractivity contribution in [2.45, 2.75) is 49.5 Å². The number of fused-ring (bicyclic) bond motifs is 1. The topological polar surface area (TPSA) is 72.3 Å². The maximum Gasteiger partial charge on any atom is 0.230 e. The highest BCUT2D eigenvalue weighted by Gasteiger charge is 2.43. The number of likely N-dealkylation sites (tertiary alicyclic amines) is 1. The molecule has 1 atom stereocenters. The van der Waals surface area contributed by atoms with E-state index in [4.69, 9.17) is 4.74 Å². The van der Waals surface area contributed by atoms with Gasteiger partial charge in [0.25, 0.3) is 0 Å². The van der Waals surface area contributed by atoms with Gasteiger partial charge in [-0.15, -0.1) is 10.2 Å². The molecule has 3 heterocycles. The Balaban J connectivity index is 1.26. The number of ether oxygens (including phenoxy) is 1. The Morgan fingerprint density at radius 2 is 1.85 bits per heavy atom. The van der Waals surface area contributed by atoms with Crippen LogP contribution in [0.3, 0.4) is 0 Å². The summed E-state index contributed by atoms with van der Waals surface area (Å²) in [7, 11) is 2.15. The maximum atomic E-state index is 13.1. The molecular formula is C26H31N5O2S. The molecule has 3 aromatic rings. The second kappa shape index (κ2) is 9.80. The van der Waals surface area contributed by atoms with E-state index in [1.54, 1.807) is 0 Å². The molecule has 2 aliphatic heterocycles. The van der Waals surface area contributed by atoms with Crippen LogP contribution in [-0.2, 0) is 11.3 Å². The number of para-hydroxylation sites is 1. The minimum atomic E-state index is -0.209. The van der Waals surface area contributed by atoms with Crippen molar-refractivity contribution < 1.29 is 9.53 Å². The van der Waals surface area contributed by atoms with Crippen molar-refractivity contribution in [3.05, 3.63) is 71.5 Å². The van der Waals surface area contributed by atoms with Crippen LogP contribution in [0, 0.1) is 6.92 Å². The molecule has 7 nitrogen and oxygen atoms in total. The van der Waals surface area contributed by atoms with E-state index in [0.717, 1.165) is 54.6 Å². The van der Waals surface area contributed by atoms with Crippen LogP contribution in [0.4, 0.5) is 0 Å². The van der Waals surface area contributed by atoms with Gasteiger partial charge in [-0.2, -0.15) is 0 Å². The third-order valence-electron chi connectivity index (χ3n) is 6.85. The van der Waals surface area contributed by atoms with Crippen molar-refractivity contribution >= 4 is 17.7 Å². The SMILES string of the molecule is Cc1nnc(SCC(=O)NC2CC3(CCN(C)CC3)Oc3ccccc32)n1Cc1ccccc1. The molecule has 1 fully saturated rings. The minimum Gasteiger partial charge on any atom is -0.487 e. The second-order valence-corrected chi connectivity index (χ2v) is 10.3. The van der Waals surface area contributed by atoms with Gasteiger partial charge in [0.2, 0.25) is 5.91 Å². The van der Waals surface area contributed by atoms with Gasteiger partial charge in [0.05, 0.1) is 18.3 Å². The number of piperidine rings is 1. The van der Waals surface area contributed by atoms with Gasteiger partial charge >= 0.3 is 0 Å². The number of nitrogens with one attached hydrogen (secondary N) is 1. The van der Waals surface area contributed by atoms with Crippen LogP contribution < -0.4 is 10.1 Å². The molecule has 8 heteroatoms. The van der Waals surface area contributed by atoms with Crippen LogP contribution in [-0.4, -0.2) is 57.1 Å². The van der Waals surface area contributed by atoms with Crippen molar-refractivity contribution in [1.82, 2.24) is 25.0 Å². The molecule has 34 heavy (non-hydrogen) atoms. The average molecular weight is 478 g/mol. The van der Waals surface area contributed by atoms with Crippen LogP contribution in [0.1, 0.15) is 42.3 Å². The molecule has 2 aromatic carbocycles. The fourth-order valence-corrected chi connectivity index (χ4v) is 5.66. The van der Waals surface area contributed by atoms with Gasteiger partial charge in [0.1, 0.15) is 17.2 Å². The van der Waals surface area contributed by atoms with E-state index in [-0.39, 0.29) is 17.6 Å². The first kappa shape index (κ1) is 22.9. The predicted molar refractivity (Wildman–Crippen MR) is 133 cm³/mol. The normalized spacial score (nSPS) is 19.4. The summed E-state index contributed by atoms with van der Waals surface area (Å²) in [5.74, 6) is 2.04. The third-order valence-corrected chi connectivity index (χ3v) is 7.81. The maximum absolute atomic E-state index is 13.1. The van der Waals surface area contributed by atoms with Gasteiger partial charge in [0.15, 0.2) is 5.16 Å². The van der Waals surface area contributed by atoms with E-state index < -0.39 is 0 Å². The molecule has 2 aliphatic rings. The Bertz CT molecular complexity index is 1140. The fraction of sp³-hybridized carbons (Fsp3) is 0.423. The lowest BCUT2D eigenvalue weighted by Gasteiger charge is -2.46. The van der Waals surface area contributed by atoms with Crippen LogP contribution in [0.15, 0.2) is 59.8 Å². The number of aromatic nitrogens is 3. The largest absolute Gasteiger partial charge is 0.487 e. The molecule has 1 aromatic heterocycles. The molecule has 1 unspecified atom stereocenters. The highest BCUT2D eigenvalue weighted by atomic mass is 32.2. The molecule has 0 bridgehead atoms. The molecule has 1 saturated heterocycles. The first-order valence-electron chi connectivity index (χ1n) is 11.8. The number of hydrogen-bond donors (Lipinski definition) is 1. The Morgan fingerprint density at radius 3 is 2.65 bits per heavy atom. The quantitative estimate of drug-likeness (QED) is 0.544. The van der Waals surface area contributed by atoms with E-state index >= 15 is 0 Å². The highest BCUT2D eigenvalue weighted by Crippen LogP contribution is 2.44. The minimum absolute atomic E-state index is 0.00157. The van der Waals surface area contributed by atoms with Gasteiger partial charge in [-0.1, -0.05) is 60.3 Å². The van der Waals surface area contributed by atoms with Gasteiger partial charge in [-0.05, 0) is 38.4 Å².